The van der Waals surface area contributed by atoms with Crippen LogP contribution in [0.25, 0.3) is 0 Å². The number of nitro groups is 1. The lowest BCUT2D eigenvalue weighted by molar-refractivity contribution is -0.385. The van der Waals surface area contributed by atoms with Gasteiger partial charge in [-0.3, -0.25) is 19.8 Å². The quantitative estimate of drug-likeness (QED) is 0.685. The number of carbonyl (C=O) groups excluding carboxylic acids is 1. The van der Waals surface area contributed by atoms with Gasteiger partial charge >= 0.3 is 0 Å². The Kier molecular flexibility index (Phi) is 5.13. The molecule has 0 aromatic heterocycles. The molecule has 0 saturated carbocycles. The lowest BCUT2D eigenvalue weighted by atomic mass is 9.97. The fraction of sp³-hybridized carbons (Fsp3) is 0.562. The largest absolute Gasteiger partial charge is 0.352 e. The van der Waals surface area contributed by atoms with Gasteiger partial charge in [-0.1, -0.05) is 6.07 Å². The fourth-order valence-corrected chi connectivity index (χ4v) is 3.15. The molecule has 0 spiro atoms. The van der Waals surface area contributed by atoms with Gasteiger partial charge in [-0.25, -0.2) is 0 Å². The molecule has 1 aliphatic heterocycles. The molecular formula is C16H23N3O3. The SMILES string of the molecule is CC(=O)N[C@H]1CCCN([C@H](C)c2cc([N+](=O)[O-])ccc2C)C1. The molecule has 1 N–H and O–H groups in total. The van der Waals surface area contributed by atoms with Crippen molar-refractivity contribution < 1.29 is 9.72 Å². The van der Waals surface area contributed by atoms with Crippen molar-refractivity contribution in [3.8, 4) is 0 Å². The van der Waals surface area contributed by atoms with E-state index < -0.39 is 0 Å². The molecule has 1 amide bonds. The zero-order valence-corrected chi connectivity index (χ0v) is 13.3. The maximum absolute atomic E-state index is 11.2. The van der Waals surface area contributed by atoms with E-state index in [1.807, 2.05) is 6.92 Å². The highest BCUT2D eigenvalue weighted by atomic mass is 16.6. The number of piperidine rings is 1. The third-order valence-electron chi connectivity index (χ3n) is 4.33. The molecule has 1 saturated heterocycles. The number of nitrogens with zero attached hydrogens (tertiary/aromatic N) is 2. The predicted molar refractivity (Wildman–Crippen MR) is 84.7 cm³/mol. The van der Waals surface area contributed by atoms with Gasteiger partial charge in [0.05, 0.1) is 4.92 Å². The molecule has 1 aromatic rings. The van der Waals surface area contributed by atoms with E-state index in [1.165, 1.54) is 6.92 Å². The number of amides is 1. The van der Waals surface area contributed by atoms with Crippen LogP contribution in [0.5, 0.6) is 0 Å². The summed E-state index contributed by atoms with van der Waals surface area (Å²) in [5, 5.41) is 14.0. The van der Waals surface area contributed by atoms with Crippen LogP contribution in [0.2, 0.25) is 0 Å². The summed E-state index contributed by atoms with van der Waals surface area (Å²) in [7, 11) is 0. The summed E-state index contributed by atoms with van der Waals surface area (Å²) in [5.41, 5.74) is 2.17. The van der Waals surface area contributed by atoms with Gasteiger partial charge in [-0.05, 0) is 44.4 Å². The van der Waals surface area contributed by atoms with Gasteiger partial charge < -0.3 is 5.32 Å². The summed E-state index contributed by atoms with van der Waals surface area (Å²) in [5.74, 6) is -0.00830. The Morgan fingerprint density at radius 2 is 2.23 bits per heavy atom. The minimum atomic E-state index is -0.355. The number of likely N-dealkylation sites (tertiary alicyclic amines) is 1. The standard InChI is InChI=1S/C16H23N3O3/c1-11-6-7-15(19(21)22)9-16(11)12(2)18-8-4-5-14(10-18)17-13(3)20/h6-7,9,12,14H,4-5,8,10H2,1-3H3,(H,17,20)/t12-,14+/m1/s1. The Hall–Kier alpha value is -1.95. The van der Waals surface area contributed by atoms with E-state index in [2.05, 4.69) is 17.1 Å². The number of benzene rings is 1. The summed E-state index contributed by atoms with van der Waals surface area (Å²) >= 11 is 0. The maximum Gasteiger partial charge on any atom is 0.269 e. The Balaban J connectivity index is 2.16. The summed E-state index contributed by atoms with van der Waals surface area (Å²) in [4.78, 5) is 24.1. The molecule has 120 valence electrons. The van der Waals surface area contributed by atoms with Crippen molar-refractivity contribution in [2.24, 2.45) is 0 Å². The van der Waals surface area contributed by atoms with Gasteiger partial charge in [0.1, 0.15) is 0 Å². The van der Waals surface area contributed by atoms with Crippen LogP contribution in [0.3, 0.4) is 0 Å². The molecule has 6 nitrogen and oxygen atoms in total. The summed E-state index contributed by atoms with van der Waals surface area (Å²) in [6.45, 7) is 7.31. The minimum absolute atomic E-state index is 0.00830. The van der Waals surface area contributed by atoms with Crippen molar-refractivity contribution in [1.82, 2.24) is 10.2 Å². The maximum atomic E-state index is 11.2. The van der Waals surface area contributed by atoms with Crippen molar-refractivity contribution in [3.05, 3.63) is 39.4 Å². The van der Waals surface area contributed by atoms with E-state index in [-0.39, 0.29) is 28.6 Å². The first kappa shape index (κ1) is 16.4. The van der Waals surface area contributed by atoms with Crippen molar-refractivity contribution >= 4 is 11.6 Å². The molecule has 0 radical (unpaired) electrons. The first-order valence-corrected chi connectivity index (χ1v) is 7.64. The molecule has 0 aliphatic carbocycles. The monoisotopic (exact) mass is 305 g/mol. The van der Waals surface area contributed by atoms with Gasteiger partial charge in [0.2, 0.25) is 5.91 Å². The smallest absolute Gasteiger partial charge is 0.269 e. The van der Waals surface area contributed by atoms with Gasteiger partial charge in [0, 0.05) is 37.7 Å². The number of hydrogen-bond acceptors (Lipinski definition) is 4. The number of carbonyl (C=O) groups is 1. The lowest BCUT2D eigenvalue weighted by Gasteiger charge is -2.37. The number of aryl methyl sites for hydroxylation is 1. The second-order valence-electron chi connectivity index (χ2n) is 6.01. The highest BCUT2D eigenvalue weighted by molar-refractivity contribution is 5.73. The van der Waals surface area contributed by atoms with Crippen molar-refractivity contribution in [2.45, 2.75) is 45.7 Å². The lowest BCUT2D eigenvalue weighted by Crippen LogP contribution is -2.47. The molecule has 22 heavy (non-hydrogen) atoms. The number of nitrogens with one attached hydrogen (secondary N) is 1. The Morgan fingerprint density at radius 1 is 1.50 bits per heavy atom. The second kappa shape index (κ2) is 6.87. The van der Waals surface area contributed by atoms with E-state index in [0.29, 0.717) is 0 Å². The summed E-state index contributed by atoms with van der Waals surface area (Å²) in [6, 6.07) is 5.27. The van der Waals surface area contributed by atoms with Crippen molar-refractivity contribution in [1.29, 1.82) is 0 Å². The number of rotatable bonds is 4. The summed E-state index contributed by atoms with van der Waals surface area (Å²) in [6.07, 6.45) is 2.00. The Labute approximate surface area is 130 Å². The van der Waals surface area contributed by atoms with E-state index in [4.69, 9.17) is 0 Å². The molecule has 1 fully saturated rings. The van der Waals surface area contributed by atoms with Gasteiger partial charge in [0.25, 0.3) is 5.69 Å². The van der Waals surface area contributed by atoms with Crippen LogP contribution in [0, 0.1) is 17.0 Å². The molecule has 6 heteroatoms. The van der Waals surface area contributed by atoms with Crippen LogP contribution < -0.4 is 5.32 Å². The molecule has 1 aliphatic rings. The van der Waals surface area contributed by atoms with Gasteiger partial charge in [0.15, 0.2) is 0 Å². The van der Waals surface area contributed by atoms with Crippen LogP contribution in [0.15, 0.2) is 18.2 Å². The van der Waals surface area contributed by atoms with Crippen molar-refractivity contribution in [3.63, 3.8) is 0 Å². The molecule has 0 unspecified atom stereocenters. The molecule has 2 atom stereocenters. The zero-order chi connectivity index (χ0) is 16.3. The highest BCUT2D eigenvalue weighted by Gasteiger charge is 2.26. The zero-order valence-electron chi connectivity index (χ0n) is 13.3. The van der Waals surface area contributed by atoms with E-state index in [9.17, 15) is 14.9 Å². The van der Waals surface area contributed by atoms with E-state index >= 15 is 0 Å². The average molecular weight is 305 g/mol. The van der Waals surface area contributed by atoms with Crippen LogP contribution in [0.1, 0.15) is 43.9 Å². The molecule has 2 rings (SSSR count). The summed E-state index contributed by atoms with van der Waals surface area (Å²) < 4.78 is 0. The number of non-ortho nitro benzene ring substituents is 1. The first-order valence-electron chi connectivity index (χ1n) is 7.64. The number of nitro benzene ring substituents is 1. The first-order chi connectivity index (χ1) is 10.4. The third kappa shape index (κ3) is 3.82. The van der Waals surface area contributed by atoms with Gasteiger partial charge in [-0.2, -0.15) is 0 Å². The highest BCUT2D eigenvalue weighted by Crippen LogP contribution is 2.29. The Bertz CT molecular complexity index is 574. The van der Waals surface area contributed by atoms with Crippen LogP contribution in [-0.2, 0) is 4.79 Å². The third-order valence-corrected chi connectivity index (χ3v) is 4.33. The minimum Gasteiger partial charge on any atom is -0.352 e. The number of hydrogen-bond donors (Lipinski definition) is 1. The second-order valence-corrected chi connectivity index (χ2v) is 6.01. The van der Waals surface area contributed by atoms with Crippen LogP contribution in [-0.4, -0.2) is 34.9 Å². The molecule has 1 aromatic carbocycles. The average Bonchev–Trinajstić information content (AvgIpc) is 2.46. The topological polar surface area (TPSA) is 75.5 Å². The van der Waals surface area contributed by atoms with Gasteiger partial charge in [-0.15, -0.1) is 0 Å². The normalized spacial score (nSPS) is 20.4. The van der Waals surface area contributed by atoms with Crippen LogP contribution >= 0.6 is 0 Å². The molecule has 1 heterocycles. The fourth-order valence-electron chi connectivity index (χ4n) is 3.15. The van der Waals surface area contributed by atoms with Crippen molar-refractivity contribution in [2.75, 3.05) is 13.1 Å². The van der Waals surface area contributed by atoms with Crippen LogP contribution in [0.4, 0.5) is 5.69 Å². The molecular weight excluding hydrogens is 282 g/mol. The predicted octanol–water partition coefficient (Wildman–Crippen LogP) is 2.56. The molecule has 0 bridgehead atoms. The van der Waals surface area contributed by atoms with E-state index in [0.717, 1.165) is 37.1 Å². The van der Waals surface area contributed by atoms with E-state index in [1.54, 1.807) is 18.2 Å². The Morgan fingerprint density at radius 3 is 2.86 bits per heavy atom.